The molecule has 3 rings (SSSR count). The number of ether oxygens (including phenoxy) is 2. The van der Waals surface area contributed by atoms with Crippen LogP contribution in [0.4, 0.5) is 14.5 Å². The van der Waals surface area contributed by atoms with Gasteiger partial charge in [-0.05, 0) is 49.1 Å². The van der Waals surface area contributed by atoms with E-state index in [1.165, 1.54) is 18.2 Å². The van der Waals surface area contributed by atoms with Gasteiger partial charge in [-0.25, -0.2) is 0 Å². The standard InChI is InChI=1S/C18H15Cl2F2NO3/c19-12-2-1-3-13(20)16(12)23-17(24)11-6-7-14(26-18(21)22)15(8-11)25-9-10-4-5-10/h1-3,6-8,10,18H,4-5,9H2,(H,23,24). The Morgan fingerprint density at radius 2 is 1.85 bits per heavy atom. The van der Waals surface area contributed by atoms with Crippen molar-refractivity contribution >= 4 is 34.8 Å². The van der Waals surface area contributed by atoms with Gasteiger partial charge in [0.1, 0.15) is 0 Å². The minimum atomic E-state index is -2.99. The molecule has 1 amide bonds. The van der Waals surface area contributed by atoms with Crippen molar-refractivity contribution in [2.24, 2.45) is 5.92 Å². The molecule has 26 heavy (non-hydrogen) atoms. The second-order valence-corrected chi connectivity index (χ2v) is 6.66. The normalized spacial score (nSPS) is 13.6. The van der Waals surface area contributed by atoms with Crippen LogP contribution in [0.3, 0.4) is 0 Å². The van der Waals surface area contributed by atoms with Gasteiger partial charge in [-0.3, -0.25) is 4.79 Å². The highest BCUT2D eigenvalue weighted by atomic mass is 35.5. The number of para-hydroxylation sites is 1. The molecule has 0 spiro atoms. The van der Waals surface area contributed by atoms with Gasteiger partial charge >= 0.3 is 6.61 Å². The van der Waals surface area contributed by atoms with Crippen molar-refractivity contribution in [2.45, 2.75) is 19.5 Å². The predicted molar refractivity (Wildman–Crippen MR) is 95.7 cm³/mol. The number of carbonyl (C=O) groups is 1. The summed E-state index contributed by atoms with van der Waals surface area (Å²) in [5.74, 6) is -0.114. The molecule has 1 N–H and O–H groups in total. The lowest BCUT2D eigenvalue weighted by atomic mass is 10.1. The molecule has 0 aromatic heterocycles. The van der Waals surface area contributed by atoms with E-state index in [4.69, 9.17) is 27.9 Å². The third-order valence-corrected chi connectivity index (χ3v) is 4.42. The van der Waals surface area contributed by atoms with E-state index in [1.54, 1.807) is 18.2 Å². The molecule has 1 fully saturated rings. The summed E-state index contributed by atoms with van der Waals surface area (Å²) in [6.07, 6.45) is 2.08. The van der Waals surface area contributed by atoms with Crippen molar-refractivity contribution in [2.75, 3.05) is 11.9 Å². The third-order valence-electron chi connectivity index (χ3n) is 3.79. The minimum absolute atomic E-state index is 0.0927. The van der Waals surface area contributed by atoms with Gasteiger partial charge < -0.3 is 14.8 Å². The van der Waals surface area contributed by atoms with Crippen LogP contribution in [0.5, 0.6) is 11.5 Å². The second-order valence-electron chi connectivity index (χ2n) is 5.85. The summed E-state index contributed by atoms with van der Waals surface area (Å²) in [5.41, 5.74) is 0.475. The quantitative estimate of drug-likeness (QED) is 0.653. The molecule has 8 heteroatoms. The fraction of sp³-hybridized carbons (Fsp3) is 0.278. The average Bonchev–Trinajstić information content (AvgIpc) is 3.41. The van der Waals surface area contributed by atoms with Crippen LogP contribution < -0.4 is 14.8 Å². The molecule has 0 heterocycles. The number of benzene rings is 2. The van der Waals surface area contributed by atoms with Crippen molar-refractivity contribution in [1.29, 1.82) is 0 Å². The number of hydrogen-bond donors (Lipinski definition) is 1. The van der Waals surface area contributed by atoms with E-state index in [-0.39, 0.29) is 32.8 Å². The van der Waals surface area contributed by atoms with Crippen molar-refractivity contribution in [3.8, 4) is 11.5 Å². The van der Waals surface area contributed by atoms with Gasteiger partial charge in [0.25, 0.3) is 5.91 Å². The molecule has 2 aromatic rings. The van der Waals surface area contributed by atoms with Crippen LogP contribution in [0.25, 0.3) is 0 Å². The topological polar surface area (TPSA) is 47.6 Å². The average molecular weight is 402 g/mol. The summed E-state index contributed by atoms with van der Waals surface area (Å²) >= 11 is 12.1. The van der Waals surface area contributed by atoms with Crippen LogP contribution in [0.1, 0.15) is 23.2 Å². The van der Waals surface area contributed by atoms with Crippen molar-refractivity contribution < 1.29 is 23.0 Å². The van der Waals surface area contributed by atoms with Crippen molar-refractivity contribution in [3.63, 3.8) is 0 Å². The van der Waals surface area contributed by atoms with E-state index in [9.17, 15) is 13.6 Å². The van der Waals surface area contributed by atoms with E-state index in [1.807, 2.05) is 0 Å². The van der Waals surface area contributed by atoms with Gasteiger partial charge in [-0.15, -0.1) is 0 Å². The molecular weight excluding hydrogens is 387 g/mol. The molecule has 4 nitrogen and oxygen atoms in total. The Labute approximate surface area is 159 Å². The molecule has 1 aliphatic carbocycles. The summed E-state index contributed by atoms with van der Waals surface area (Å²) in [7, 11) is 0. The molecular formula is C18H15Cl2F2NO3. The zero-order valence-corrected chi connectivity index (χ0v) is 15.0. The number of alkyl halides is 2. The lowest BCUT2D eigenvalue weighted by molar-refractivity contribution is -0.0515. The number of nitrogens with one attached hydrogen (secondary N) is 1. The maximum atomic E-state index is 12.6. The van der Waals surface area contributed by atoms with E-state index < -0.39 is 12.5 Å². The van der Waals surface area contributed by atoms with Gasteiger partial charge in [0.15, 0.2) is 11.5 Å². The zero-order valence-electron chi connectivity index (χ0n) is 13.5. The molecule has 0 bridgehead atoms. The Kier molecular flexibility index (Phi) is 5.84. The first-order chi connectivity index (χ1) is 12.4. The summed E-state index contributed by atoms with van der Waals surface area (Å²) in [4.78, 5) is 12.5. The van der Waals surface area contributed by atoms with E-state index in [2.05, 4.69) is 10.1 Å². The number of anilines is 1. The number of rotatable bonds is 7. The fourth-order valence-corrected chi connectivity index (χ4v) is 2.74. The van der Waals surface area contributed by atoms with E-state index in [0.717, 1.165) is 12.8 Å². The number of carbonyl (C=O) groups excluding carboxylic acids is 1. The monoisotopic (exact) mass is 401 g/mol. The highest BCUT2D eigenvalue weighted by Crippen LogP contribution is 2.35. The van der Waals surface area contributed by atoms with Crippen LogP contribution in [0.15, 0.2) is 36.4 Å². The molecule has 138 valence electrons. The Morgan fingerprint density at radius 3 is 2.46 bits per heavy atom. The summed E-state index contributed by atoms with van der Waals surface area (Å²) < 4.78 is 35.1. The Hall–Kier alpha value is -2.05. The van der Waals surface area contributed by atoms with Gasteiger partial charge in [0.2, 0.25) is 0 Å². The first-order valence-corrected chi connectivity index (χ1v) is 8.66. The van der Waals surface area contributed by atoms with Crippen LogP contribution in [-0.2, 0) is 0 Å². The highest BCUT2D eigenvalue weighted by molar-refractivity contribution is 6.40. The highest BCUT2D eigenvalue weighted by Gasteiger charge is 2.23. The Morgan fingerprint density at radius 1 is 1.15 bits per heavy atom. The maximum Gasteiger partial charge on any atom is 0.387 e. The van der Waals surface area contributed by atoms with Gasteiger partial charge in [-0.1, -0.05) is 29.3 Å². The molecule has 0 aliphatic heterocycles. The molecule has 0 saturated heterocycles. The van der Waals surface area contributed by atoms with Gasteiger partial charge in [0, 0.05) is 5.56 Å². The van der Waals surface area contributed by atoms with E-state index in [0.29, 0.717) is 12.5 Å². The molecule has 0 atom stereocenters. The SMILES string of the molecule is O=C(Nc1c(Cl)cccc1Cl)c1ccc(OC(F)F)c(OCC2CC2)c1. The zero-order chi connectivity index (χ0) is 18.7. The first kappa shape index (κ1) is 18.7. The minimum Gasteiger partial charge on any atom is -0.489 e. The second kappa shape index (κ2) is 8.10. The van der Waals surface area contributed by atoms with Crippen LogP contribution >= 0.6 is 23.2 Å². The van der Waals surface area contributed by atoms with Crippen LogP contribution in [-0.4, -0.2) is 19.1 Å². The number of halogens is 4. The number of hydrogen-bond acceptors (Lipinski definition) is 3. The molecule has 0 radical (unpaired) electrons. The van der Waals surface area contributed by atoms with Gasteiger partial charge in [0.05, 0.1) is 22.3 Å². The summed E-state index contributed by atoms with van der Waals surface area (Å²) in [5, 5.41) is 3.18. The smallest absolute Gasteiger partial charge is 0.387 e. The van der Waals surface area contributed by atoms with Crippen molar-refractivity contribution in [1.82, 2.24) is 0 Å². The van der Waals surface area contributed by atoms with Crippen molar-refractivity contribution in [3.05, 3.63) is 52.0 Å². The molecule has 2 aromatic carbocycles. The summed E-state index contributed by atoms with van der Waals surface area (Å²) in [6, 6.07) is 8.83. The first-order valence-electron chi connectivity index (χ1n) is 7.91. The van der Waals surface area contributed by atoms with Crippen LogP contribution in [0.2, 0.25) is 10.0 Å². The Bertz CT molecular complexity index is 793. The Balaban J connectivity index is 1.81. The lowest BCUT2D eigenvalue weighted by Gasteiger charge is -2.14. The predicted octanol–water partition coefficient (Wildman–Crippen LogP) is 5.64. The lowest BCUT2D eigenvalue weighted by Crippen LogP contribution is -2.14. The maximum absolute atomic E-state index is 12.6. The molecule has 1 saturated carbocycles. The summed E-state index contributed by atoms with van der Waals surface area (Å²) in [6.45, 7) is -2.60. The number of amides is 1. The van der Waals surface area contributed by atoms with E-state index >= 15 is 0 Å². The largest absolute Gasteiger partial charge is 0.489 e. The fourth-order valence-electron chi connectivity index (χ4n) is 2.25. The van der Waals surface area contributed by atoms with Crippen LogP contribution in [0, 0.1) is 5.92 Å². The van der Waals surface area contributed by atoms with Gasteiger partial charge in [-0.2, -0.15) is 8.78 Å². The third kappa shape index (κ3) is 4.77. The molecule has 1 aliphatic rings. The molecule has 0 unspecified atom stereocenters.